The smallest absolute Gasteiger partial charge is 0.222 e. The van der Waals surface area contributed by atoms with E-state index in [0.717, 1.165) is 37.2 Å². The molecule has 4 nitrogen and oxygen atoms in total. The molecule has 23 heavy (non-hydrogen) atoms. The number of amides is 1. The Kier molecular flexibility index (Phi) is 5.39. The summed E-state index contributed by atoms with van der Waals surface area (Å²) in [5, 5.41) is 4.15. The fraction of sp³-hybridized carbons (Fsp3) is 0.444. The summed E-state index contributed by atoms with van der Waals surface area (Å²) in [6.45, 7) is 1.82. The minimum absolute atomic E-state index is 0.279. The molecule has 0 aliphatic carbocycles. The molecule has 1 saturated heterocycles. The molecule has 1 atom stereocenters. The van der Waals surface area contributed by atoms with Gasteiger partial charge in [0.2, 0.25) is 5.91 Å². The second kappa shape index (κ2) is 7.68. The second-order valence-electron chi connectivity index (χ2n) is 6.14. The van der Waals surface area contributed by atoms with Gasteiger partial charge in [0, 0.05) is 43.4 Å². The van der Waals surface area contributed by atoms with Gasteiger partial charge >= 0.3 is 0 Å². The molecule has 1 aliphatic heterocycles. The van der Waals surface area contributed by atoms with Gasteiger partial charge in [0.1, 0.15) is 0 Å². The van der Waals surface area contributed by atoms with Crippen LogP contribution in [-0.4, -0.2) is 39.4 Å². The molecule has 122 valence electrons. The van der Waals surface area contributed by atoms with E-state index in [1.54, 1.807) is 4.68 Å². The van der Waals surface area contributed by atoms with E-state index in [9.17, 15) is 4.79 Å². The zero-order valence-electron chi connectivity index (χ0n) is 13.5. The van der Waals surface area contributed by atoms with Gasteiger partial charge < -0.3 is 4.90 Å². The van der Waals surface area contributed by atoms with Gasteiger partial charge in [-0.15, -0.1) is 11.8 Å². The number of hydrogen-bond donors (Lipinski definition) is 0. The first-order chi connectivity index (χ1) is 11.2. The monoisotopic (exact) mass is 329 g/mol. The highest BCUT2D eigenvalue weighted by Gasteiger charge is 2.25. The summed E-state index contributed by atoms with van der Waals surface area (Å²) in [7, 11) is 1.90. The summed E-state index contributed by atoms with van der Waals surface area (Å²) in [5.41, 5.74) is 1.14. The molecule has 0 spiro atoms. The molecule has 0 bridgehead atoms. The van der Waals surface area contributed by atoms with Crippen molar-refractivity contribution in [1.29, 1.82) is 0 Å². The van der Waals surface area contributed by atoms with Crippen molar-refractivity contribution in [2.45, 2.75) is 24.2 Å². The van der Waals surface area contributed by atoms with Gasteiger partial charge in [0.25, 0.3) is 0 Å². The number of likely N-dealkylation sites (tertiary alicyclic amines) is 1. The van der Waals surface area contributed by atoms with Gasteiger partial charge in [0.15, 0.2) is 0 Å². The number of carbonyl (C=O) groups is 1. The molecule has 2 heterocycles. The van der Waals surface area contributed by atoms with Crippen LogP contribution in [0.2, 0.25) is 0 Å². The highest BCUT2D eigenvalue weighted by atomic mass is 32.2. The number of hydrogen-bond acceptors (Lipinski definition) is 3. The zero-order chi connectivity index (χ0) is 16.1. The Morgan fingerprint density at radius 3 is 2.91 bits per heavy atom. The predicted octanol–water partition coefficient (Wildman–Crippen LogP) is 2.99. The van der Waals surface area contributed by atoms with Crippen LogP contribution in [0, 0.1) is 5.92 Å². The lowest BCUT2D eigenvalue weighted by atomic mass is 10.1. The minimum Gasteiger partial charge on any atom is -0.342 e. The van der Waals surface area contributed by atoms with E-state index in [1.165, 1.54) is 4.90 Å². The van der Waals surface area contributed by atoms with E-state index in [2.05, 4.69) is 29.4 Å². The van der Waals surface area contributed by atoms with Crippen molar-refractivity contribution in [3.05, 3.63) is 48.3 Å². The average molecular weight is 329 g/mol. The van der Waals surface area contributed by atoms with Crippen LogP contribution in [0.5, 0.6) is 0 Å². The number of thioether (sulfide) groups is 1. The van der Waals surface area contributed by atoms with Crippen molar-refractivity contribution in [3.63, 3.8) is 0 Å². The first-order valence-corrected chi connectivity index (χ1v) is 9.12. The number of rotatable bonds is 6. The average Bonchev–Trinajstić information content (AvgIpc) is 3.21. The summed E-state index contributed by atoms with van der Waals surface area (Å²) in [6.07, 6.45) is 6.32. The van der Waals surface area contributed by atoms with E-state index in [1.807, 2.05) is 42.2 Å². The van der Waals surface area contributed by atoms with Crippen molar-refractivity contribution >= 4 is 17.7 Å². The maximum Gasteiger partial charge on any atom is 0.222 e. The Morgan fingerprint density at radius 2 is 2.17 bits per heavy atom. The van der Waals surface area contributed by atoms with Crippen LogP contribution in [0.3, 0.4) is 0 Å². The van der Waals surface area contributed by atoms with E-state index in [0.29, 0.717) is 12.3 Å². The Hall–Kier alpha value is -1.75. The molecule has 0 radical (unpaired) electrons. The molecule has 1 aromatic carbocycles. The van der Waals surface area contributed by atoms with Crippen LogP contribution in [0.25, 0.3) is 0 Å². The molecule has 1 amide bonds. The molecule has 1 aliphatic rings. The highest BCUT2D eigenvalue weighted by Crippen LogP contribution is 2.26. The molecule has 2 aromatic rings. The molecular weight excluding hydrogens is 306 g/mol. The van der Waals surface area contributed by atoms with Gasteiger partial charge in [-0.25, -0.2) is 0 Å². The Morgan fingerprint density at radius 1 is 1.35 bits per heavy atom. The van der Waals surface area contributed by atoms with Crippen molar-refractivity contribution in [2.75, 3.05) is 18.8 Å². The zero-order valence-corrected chi connectivity index (χ0v) is 14.3. The van der Waals surface area contributed by atoms with E-state index < -0.39 is 0 Å². The molecular formula is C18H23N3OS. The van der Waals surface area contributed by atoms with E-state index >= 15 is 0 Å². The third-order valence-electron chi connectivity index (χ3n) is 4.25. The number of benzene rings is 1. The fourth-order valence-electron chi connectivity index (χ4n) is 2.94. The van der Waals surface area contributed by atoms with Crippen LogP contribution in [-0.2, 0) is 18.3 Å². The maximum atomic E-state index is 12.3. The van der Waals surface area contributed by atoms with Crippen LogP contribution in [0.1, 0.15) is 18.4 Å². The van der Waals surface area contributed by atoms with Gasteiger partial charge in [-0.2, -0.15) is 5.10 Å². The van der Waals surface area contributed by atoms with Gasteiger partial charge in [-0.3, -0.25) is 9.48 Å². The molecule has 0 saturated carbocycles. The first kappa shape index (κ1) is 16.1. The van der Waals surface area contributed by atoms with Crippen molar-refractivity contribution in [2.24, 2.45) is 13.0 Å². The highest BCUT2D eigenvalue weighted by molar-refractivity contribution is 7.99. The molecule has 3 rings (SSSR count). The normalized spacial score (nSPS) is 17.6. The lowest BCUT2D eigenvalue weighted by molar-refractivity contribution is -0.130. The van der Waals surface area contributed by atoms with Crippen LogP contribution >= 0.6 is 11.8 Å². The SMILES string of the molecule is Cn1cc(CCC(=O)N2CC[C@@H](CSc3ccccc3)C2)cn1. The van der Waals surface area contributed by atoms with Crippen molar-refractivity contribution < 1.29 is 4.79 Å². The molecule has 0 unspecified atom stereocenters. The van der Waals surface area contributed by atoms with E-state index in [-0.39, 0.29) is 5.91 Å². The molecule has 0 N–H and O–H groups in total. The Balaban J connectivity index is 1.41. The topological polar surface area (TPSA) is 38.1 Å². The Labute approximate surface area is 141 Å². The Bertz CT molecular complexity index is 641. The van der Waals surface area contributed by atoms with Crippen molar-refractivity contribution in [3.8, 4) is 0 Å². The third-order valence-corrected chi connectivity index (χ3v) is 5.50. The number of aryl methyl sites for hydroxylation is 2. The molecule has 5 heteroatoms. The largest absolute Gasteiger partial charge is 0.342 e. The summed E-state index contributed by atoms with van der Waals surface area (Å²) in [5.74, 6) is 1.99. The lowest BCUT2D eigenvalue weighted by Crippen LogP contribution is -2.29. The van der Waals surface area contributed by atoms with Gasteiger partial charge in [-0.1, -0.05) is 18.2 Å². The summed E-state index contributed by atoms with van der Waals surface area (Å²) >= 11 is 1.90. The van der Waals surface area contributed by atoms with Crippen LogP contribution in [0.15, 0.2) is 47.6 Å². The third kappa shape index (κ3) is 4.61. The van der Waals surface area contributed by atoms with Crippen LogP contribution < -0.4 is 0 Å². The number of nitrogens with zero attached hydrogens (tertiary/aromatic N) is 3. The first-order valence-electron chi connectivity index (χ1n) is 8.14. The number of aromatic nitrogens is 2. The molecule has 1 aromatic heterocycles. The number of carbonyl (C=O) groups excluding carboxylic acids is 1. The predicted molar refractivity (Wildman–Crippen MR) is 93.4 cm³/mol. The second-order valence-corrected chi connectivity index (χ2v) is 7.23. The molecule has 1 fully saturated rings. The summed E-state index contributed by atoms with van der Waals surface area (Å²) < 4.78 is 1.78. The summed E-state index contributed by atoms with van der Waals surface area (Å²) in [6, 6.07) is 10.5. The quantitative estimate of drug-likeness (QED) is 0.765. The summed E-state index contributed by atoms with van der Waals surface area (Å²) in [4.78, 5) is 15.7. The lowest BCUT2D eigenvalue weighted by Gasteiger charge is -2.16. The van der Waals surface area contributed by atoms with Crippen LogP contribution in [0.4, 0.5) is 0 Å². The van der Waals surface area contributed by atoms with Crippen molar-refractivity contribution in [1.82, 2.24) is 14.7 Å². The maximum absolute atomic E-state index is 12.3. The minimum atomic E-state index is 0.279. The van der Waals surface area contributed by atoms with E-state index in [4.69, 9.17) is 0 Å². The van der Waals surface area contributed by atoms with Gasteiger partial charge in [0.05, 0.1) is 6.20 Å². The van der Waals surface area contributed by atoms with Gasteiger partial charge in [-0.05, 0) is 36.5 Å². The fourth-order valence-corrected chi connectivity index (χ4v) is 3.99. The standard InChI is InChI=1S/C18H23N3OS/c1-20-12-15(11-19-20)7-8-18(22)21-10-9-16(13-21)14-23-17-5-3-2-4-6-17/h2-6,11-12,16H,7-10,13-14H2,1H3/t16-/m1/s1.